The first-order valence-electron chi connectivity index (χ1n) is 7.83. The van der Waals surface area contributed by atoms with Gasteiger partial charge in [0.05, 0.1) is 0 Å². The summed E-state index contributed by atoms with van der Waals surface area (Å²) in [6, 6.07) is 3.72. The van der Waals surface area contributed by atoms with E-state index < -0.39 is 17.5 Å². The summed E-state index contributed by atoms with van der Waals surface area (Å²) in [5.74, 6) is -0.561. The van der Waals surface area contributed by atoms with Gasteiger partial charge in [-0.1, -0.05) is 13.0 Å². The predicted octanol–water partition coefficient (Wildman–Crippen LogP) is 3.49. The Bertz CT molecular complexity index is 529. The van der Waals surface area contributed by atoms with Crippen LogP contribution in [0.4, 0.5) is 9.18 Å². The smallest absolute Gasteiger partial charge is 0.407 e. The van der Waals surface area contributed by atoms with Crippen molar-refractivity contribution in [3.63, 3.8) is 0 Å². The number of halogens is 1. The van der Waals surface area contributed by atoms with E-state index >= 15 is 0 Å². The molecule has 0 fully saturated rings. The number of hydrogen-bond acceptors (Lipinski definition) is 4. The molecule has 23 heavy (non-hydrogen) atoms. The number of ether oxygens (including phenoxy) is 1. The van der Waals surface area contributed by atoms with Gasteiger partial charge in [0.1, 0.15) is 17.2 Å². The third kappa shape index (κ3) is 6.86. The van der Waals surface area contributed by atoms with Crippen LogP contribution >= 0.6 is 0 Å². The van der Waals surface area contributed by atoms with Gasteiger partial charge in [-0.15, -0.1) is 0 Å². The molecular weight excluding hydrogens is 299 g/mol. The highest BCUT2D eigenvalue weighted by Gasteiger charge is 2.19. The van der Waals surface area contributed by atoms with Crippen molar-refractivity contribution in [2.45, 2.75) is 58.7 Å². The molecule has 5 nitrogen and oxygen atoms in total. The number of amides is 1. The van der Waals surface area contributed by atoms with E-state index in [0.717, 1.165) is 12.5 Å². The van der Waals surface area contributed by atoms with Crippen LogP contribution in [0.15, 0.2) is 18.2 Å². The Hall–Kier alpha value is -1.82. The number of rotatable bonds is 6. The van der Waals surface area contributed by atoms with Crippen LogP contribution in [0.3, 0.4) is 0 Å². The summed E-state index contributed by atoms with van der Waals surface area (Å²) in [4.78, 5) is 11.8. The van der Waals surface area contributed by atoms with Gasteiger partial charge in [0.15, 0.2) is 0 Å². The summed E-state index contributed by atoms with van der Waals surface area (Å²) in [6.45, 7) is 9.69. The normalized spacial score (nSPS) is 14.2. The summed E-state index contributed by atoms with van der Waals surface area (Å²) in [7, 11) is 0. The highest BCUT2D eigenvalue weighted by Crippen LogP contribution is 2.20. The van der Waals surface area contributed by atoms with Gasteiger partial charge >= 0.3 is 6.09 Å². The number of benzene rings is 1. The van der Waals surface area contributed by atoms with Gasteiger partial charge in [0.25, 0.3) is 0 Å². The lowest BCUT2D eigenvalue weighted by Crippen LogP contribution is -2.44. The first-order chi connectivity index (χ1) is 10.6. The second-order valence-electron chi connectivity index (χ2n) is 6.59. The number of phenolic OH excluding ortho intramolecular Hbond substituents is 1. The van der Waals surface area contributed by atoms with E-state index in [2.05, 4.69) is 10.6 Å². The molecule has 0 bridgehead atoms. The molecule has 0 saturated heterocycles. The van der Waals surface area contributed by atoms with Crippen LogP contribution < -0.4 is 10.6 Å². The number of carbonyl (C=O) groups is 1. The average Bonchev–Trinajstić information content (AvgIpc) is 2.41. The zero-order valence-electron chi connectivity index (χ0n) is 14.4. The van der Waals surface area contributed by atoms with Gasteiger partial charge in [-0.25, -0.2) is 9.18 Å². The first kappa shape index (κ1) is 19.2. The van der Waals surface area contributed by atoms with E-state index in [4.69, 9.17) is 4.74 Å². The van der Waals surface area contributed by atoms with E-state index in [1.165, 1.54) is 6.07 Å². The van der Waals surface area contributed by atoms with E-state index in [9.17, 15) is 14.3 Å². The Morgan fingerprint density at radius 3 is 2.57 bits per heavy atom. The van der Waals surface area contributed by atoms with Crippen molar-refractivity contribution in [2.24, 2.45) is 0 Å². The van der Waals surface area contributed by atoms with E-state index in [0.29, 0.717) is 12.1 Å². The van der Waals surface area contributed by atoms with Crippen molar-refractivity contribution in [2.75, 3.05) is 6.54 Å². The number of nitrogens with one attached hydrogen (secondary N) is 2. The van der Waals surface area contributed by atoms with Gasteiger partial charge in [0.2, 0.25) is 0 Å². The fraction of sp³-hybridized carbons (Fsp3) is 0.588. The van der Waals surface area contributed by atoms with Crippen molar-refractivity contribution >= 4 is 6.09 Å². The molecule has 0 spiro atoms. The number of aromatic hydroxyl groups is 1. The molecule has 0 heterocycles. The third-order valence-electron chi connectivity index (χ3n) is 3.33. The van der Waals surface area contributed by atoms with E-state index in [-0.39, 0.29) is 17.8 Å². The first-order valence-corrected chi connectivity index (χ1v) is 7.83. The monoisotopic (exact) mass is 326 g/mol. The van der Waals surface area contributed by atoms with Crippen LogP contribution in [0.1, 0.15) is 52.6 Å². The van der Waals surface area contributed by atoms with Gasteiger partial charge < -0.3 is 20.5 Å². The Labute approximate surface area is 137 Å². The second kappa shape index (κ2) is 8.15. The van der Waals surface area contributed by atoms with Crippen molar-refractivity contribution in [1.82, 2.24) is 10.6 Å². The molecule has 0 saturated carbocycles. The maximum Gasteiger partial charge on any atom is 0.407 e. The molecule has 1 aromatic rings. The van der Waals surface area contributed by atoms with Crippen LogP contribution in [-0.4, -0.2) is 29.4 Å². The molecule has 130 valence electrons. The Kier molecular flexibility index (Phi) is 6.81. The fourth-order valence-electron chi connectivity index (χ4n) is 2.07. The van der Waals surface area contributed by atoms with Gasteiger partial charge in [-0.3, -0.25) is 0 Å². The van der Waals surface area contributed by atoms with Crippen LogP contribution in [0.5, 0.6) is 5.75 Å². The molecule has 2 unspecified atom stereocenters. The van der Waals surface area contributed by atoms with Crippen LogP contribution in [0.2, 0.25) is 0 Å². The molecule has 0 aromatic heterocycles. The Morgan fingerprint density at radius 2 is 2.04 bits per heavy atom. The maximum absolute atomic E-state index is 13.8. The molecule has 6 heteroatoms. The molecule has 0 aliphatic carbocycles. The molecule has 0 radical (unpaired) electrons. The summed E-state index contributed by atoms with van der Waals surface area (Å²) < 4.78 is 19.0. The zero-order valence-corrected chi connectivity index (χ0v) is 14.4. The lowest BCUT2D eigenvalue weighted by molar-refractivity contribution is 0.0502. The molecular formula is C17H27FN2O3. The summed E-state index contributed by atoms with van der Waals surface area (Å²) in [6.07, 6.45) is 0.256. The van der Waals surface area contributed by atoms with Crippen molar-refractivity contribution in [3.8, 4) is 5.75 Å². The second-order valence-corrected chi connectivity index (χ2v) is 6.59. The highest BCUT2D eigenvalue weighted by molar-refractivity contribution is 5.68. The summed E-state index contributed by atoms with van der Waals surface area (Å²) in [5.41, 5.74) is -0.0759. The van der Waals surface area contributed by atoms with Crippen LogP contribution in [-0.2, 0) is 4.74 Å². The van der Waals surface area contributed by atoms with Gasteiger partial charge in [-0.05, 0) is 40.2 Å². The standard InChI is InChI=1S/C17H27FN2O3/c1-6-12(20-16(22)23-17(3,4)5)10-19-11(2)14-8-7-13(21)9-15(14)18/h7-9,11-12,19,21H,6,10H2,1-5H3,(H,20,22). The predicted molar refractivity (Wildman–Crippen MR) is 87.9 cm³/mol. The average molecular weight is 326 g/mol. The molecule has 0 aliphatic heterocycles. The van der Waals surface area contributed by atoms with E-state index in [1.807, 2.05) is 13.8 Å². The number of carbonyl (C=O) groups excluding carboxylic acids is 1. The number of phenols is 1. The van der Waals surface area contributed by atoms with Crippen LogP contribution in [0, 0.1) is 5.82 Å². The lowest BCUT2D eigenvalue weighted by Gasteiger charge is -2.24. The molecule has 0 aliphatic rings. The van der Waals surface area contributed by atoms with Crippen molar-refractivity contribution in [1.29, 1.82) is 0 Å². The zero-order chi connectivity index (χ0) is 17.6. The molecule has 3 N–H and O–H groups in total. The highest BCUT2D eigenvalue weighted by atomic mass is 19.1. The van der Waals surface area contributed by atoms with Crippen LogP contribution in [0.25, 0.3) is 0 Å². The van der Waals surface area contributed by atoms with E-state index in [1.54, 1.807) is 26.8 Å². The third-order valence-corrected chi connectivity index (χ3v) is 3.33. The fourth-order valence-corrected chi connectivity index (χ4v) is 2.07. The van der Waals surface area contributed by atoms with Gasteiger partial charge in [0, 0.05) is 30.3 Å². The minimum absolute atomic E-state index is 0.100. The number of alkyl carbamates (subject to hydrolysis) is 1. The lowest BCUT2D eigenvalue weighted by atomic mass is 10.1. The molecule has 1 aromatic carbocycles. The molecule has 1 amide bonds. The maximum atomic E-state index is 13.8. The minimum Gasteiger partial charge on any atom is -0.508 e. The summed E-state index contributed by atoms with van der Waals surface area (Å²) in [5, 5.41) is 15.2. The SMILES string of the molecule is CCC(CNC(C)c1ccc(O)cc1F)NC(=O)OC(C)(C)C. The Morgan fingerprint density at radius 1 is 1.39 bits per heavy atom. The molecule has 1 rings (SSSR count). The topological polar surface area (TPSA) is 70.6 Å². The molecule has 2 atom stereocenters. The van der Waals surface area contributed by atoms with Crippen molar-refractivity contribution < 1.29 is 19.0 Å². The quantitative estimate of drug-likeness (QED) is 0.748. The largest absolute Gasteiger partial charge is 0.508 e. The Balaban J connectivity index is 2.55. The summed E-state index contributed by atoms with van der Waals surface area (Å²) >= 11 is 0. The minimum atomic E-state index is -0.543. The van der Waals surface area contributed by atoms with Gasteiger partial charge in [-0.2, -0.15) is 0 Å². The number of hydrogen-bond donors (Lipinski definition) is 3. The van der Waals surface area contributed by atoms with Crippen molar-refractivity contribution in [3.05, 3.63) is 29.6 Å².